The molecule has 3 rings (SSSR count). The molecule has 0 radical (unpaired) electrons. The molecule has 0 aliphatic rings. The Balaban J connectivity index is 1.72. The van der Waals surface area contributed by atoms with Crippen LogP contribution in [0.3, 0.4) is 0 Å². The predicted molar refractivity (Wildman–Crippen MR) is 103 cm³/mol. The highest BCUT2D eigenvalue weighted by atomic mass is 32.2. The molecule has 2 aromatic carbocycles. The maximum Gasteiger partial charge on any atom is 0.289 e. The van der Waals surface area contributed by atoms with Crippen molar-refractivity contribution in [3.8, 4) is 0 Å². The summed E-state index contributed by atoms with van der Waals surface area (Å²) in [6, 6.07) is 11.5. The molecular weight excluding hydrogens is 387 g/mol. The molecule has 8 nitrogen and oxygen atoms in total. The molecule has 1 heterocycles. The van der Waals surface area contributed by atoms with Gasteiger partial charge in [0.15, 0.2) is 4.90 Å². The molecule has 28 heavy (non-hydrogen) atoms. The summed E-state index contributed by atoms with van der Waals surface area (Å²) in [5, 5.41) is 14.7. The summed E-state index contributed by atoms with van der Waals surface area (Å²) in [6.07, 6.45) is 0. The monoisotopic (exact) mass is 404 g/mol. The average Bonchev–Trinajstić information content (AvgIpc) is 2.66. The van der Waals surface area contributed by atoms with Crippen molar-refractivity contribution in [3.05, 3.63) is 70.2 Å². The Morgan fingerprint density at radius 1 is 1.14 bits per heavy atom. The van der Waals surface area contributed by atoms with Crippen LogP contribution in [0.1, 0.15) is 5.69 Å². The summed E-state index contributed by atoms with van der Waals surface area (Å²) in [4.78, 5) is 14.1. The molecule has 0 spiro atoms. The lowest BCUT2D eigenvalue weighted by Crippen LogP contribution is -2.29. The van der Waals surface area contributed by atoms with Crippen molar-refractivity contribution < 1.29 is 17.7 Å². The zero-order chi connectivity index (χ0) is 20.3. The van der Waals surface area contributed by atoms with Crippen LogP contribution >= 0.6 is 0 Å². The van der Waals surface area contributed by atoms with Gasteiger partial charge < -0.3 is 5.32 Å². The molecule has 1 aromatic heterocycles. The van der Waals surface area contributed by atoms with E-state index in [1.165, 1.54) is 24.3 Å². The fourth-order valence-corrected chi connectivity index (χ4v) is 3.99. The molecule has 3 aromatic rings. The molecule has 0 aliphatic heterocycles. The first-order valence-electron chi connectivity index (χ1n) is 8.32. The largest absolute Gasteiger partial charge is 0.383 e. The Morgan fingerprint density at radius 2 is 1.89 bits per heavy atom. The smallest absolute Gasteiger partial charge is 0.289 e. The van der Waals surface area contributed by atoms with Gasteiger partial charge in [-0.05, 0) is 25.1 Å². The van der Waals surface area contributed by atoms with Gasteiger partial charge in [0, 0.05) is 35.9 Å². The molecule has 0 fully saturated rings. The number of anilines is 1. The minimum absolute atomic E-state index is 0.0213. The van der Waals surface area contributed by atoms with Gasteiger partial charge in [0.1, 0.15) is 11.3 Å². The quantitative estimate of drug-likeness (QED) is 0.355. The number of para-hydroxylation sites is 2. The topological polar surface area (TPSA) is 114 Å². The number of hydrogen-bond donors (Lipinski definition) is 2. The van der Waals surface area contributed by atoms with E-state index >= 15 is 0 Å². The molecule has 0 unspecified atom stereocenters. The molecule has 10 heteroatoms. The van der Waals surface area contributed by atoms with Crippen molar-refractivity contribution in [2.75, 3.05) is 18.4 Å². The minimum Gasteiger partial charge on any atom is -0.383 e. The van der Waals surface area contributed by atoms with Crippen LogP contribution in [0, 0.1) is 22.9 Å². The summed E-state index contributed by atoms with van der Waals surface area (Å²) < 4.78 is 41.0. The van der Waals surface area contributed by atoms with Crippen molar-refractivity contribution in [1.29, 1.82) is 0 Å². The van der Waals surface area contributed by atoms with Crippen LogP contribution in [0.15, 0.2) is 53.4 Å². The van der Waals surface area contributed by atoms with Gasteiger partial charge >= 0.3 is 0 Å². The third kappa shape index (κ3) is 4.07. The number of nitro groups is 1. The lowest BCUT2D eigenvalue weighted by atomic mass is 10.1. The first kappa shape index (κ1) is 19.6. The number of nitrogens with zero attached hydrogens (tertiary/aromatic N) is 2. The van der Waals surface area contributed by atoms with E-state index in [1.807, 2.05) is 0 Å². The Kier molecular flexibility index (Phi) is 5.52. The van der Waals surface area contributed by atoms with Gasteiger partial charge in [-0.25, -0.2) is 22.5 Å². The minimum atomic E-state index is -4.05. The number of hydrogen-bond acceptors (Lipinski definition) is 6. The maximum atomic E-state index is 13.9. The fraction of sp³-hybridized carbons (Fsp3) is 0.167. The van der Waals surface area contributed by atoms with Crippen LogP contribution in [-0.2, 0) is 10.0 Å². The first-order valence-corrected chi connectivity index (χ1v) is 9.81. The Hall–Kier alpha value is -3.11. The summed E-state index contributed by atoms with van der Waals surface area (Å²) in [7, 11) is -4.05. The maximum absolute atomic E-state index is 13.9. The number of nitro benzene ring substituents is 1. The second-order valence-corrected chi connectivity index (χ2v) is 7.73. The molecule has 146 valence electrons. The van der Waals surface area contributed by atoms with E-state index in [2.05, 4.69) is 15.0 Å². The number of rotatable bonds is 7. The van der Waals surface area contributed by atoms with Crippen LogP contribution in [0.4, 0.5) is 15.8 Å². The predicted octanol–water partition coefficient (Wildman–Crippen LogP) is 2.98. The van der Waals surface area contributed by atoms with Gasteiger partial charge in [0.2, 0.25) is 10.0 Å². The SMILES string of the molecule is Cc1cc(NCCNS(=O)(=O)c2ccccc2[N+](=O)[O-])c2cccc(F)c2n1. The summed E-state index contributed by atoms with van der Waals surface area (Å²) >= 11 is 0. The number of sulfonamides is 1. The van der Waals surface area contributed by atoms with Crippen LogP contribution in [0.2, 0.25) is 0 Å². The molecule has 0 saturated carbocycles. The zero-order valence-electron chi connectivity index (χ0n) is 14.8. The van der Waals surface area contributed by atoms with E-state index in [9.17, 15) is 22.9 Å². The van der Waals surface area contributed by atoms with Crippen molar-refractivity contribution in [1.82, 2.24) is 9.71 Å². The van der Waals surface area contributed by atoms with E-state index < -0.39 is 31.3 Å². The van der Waals surface area contributed by atoms with Crippen LogP contribution in [0.25, 0.3) is 10.9 Å². The standard InChI is InChI=1S/C18H17FN4O4S/c1-12-11-15(13-5-4-6-14(19)18(13)22-12)20-9-10-21-28(26,27)17-8-3-2-7-16(17)23(24)25/h2-8,11,21H,9-10H2,1H3,(H,20,22). The first-order chi connectivity index (χ1) is 13.3. The number of aromatic nitrogens is 1. The molecular formula is C18H17FN4O4S. The summed E-state index contributed by atoms with van der Waals surface area (Å²) in [5.74, 6) is -0.443. The van der Waals surface area contributed by atoms with E-state index in [1.54, 1.807) is 25.1 Å². The molecule has 2 N–H and O–H groups in total. The third-order valence-electron chi connectivity index (χ3n) is 4.00. The van der Waals surface area contributed by atoms with Crippen molar-refractivity contribution in [2.45, 2.75) is 11.8 Å². The summed E-state index contributed by atoms with van der Waals surface area (Å²) in [6.45, 7) is 1.90. The number of halogens is 1. The summed E-state index contributed by atoms with van der Waals surface area (Å²) in [5.41, 5.74) is 0.965. The van der Waals surface area contributed by atoms with Crippen molar-refractivity contribution in [2.24, 2.45) is 0 Å². The number of benzene rings is 2. The number of nitrogens with one attached hydrogen (secondary N) is 2. The highest BCUT2D eigenvalue weighted by Crippen LogP contribution is 2.25. The normalized spacial score (nSPS) is 11.5. The lowest BCUT2D eigenvalue weighted by molar-refractivity contribution is -0.387. The van der Waals surface area contributed by atoms with Gasteiger partial charge in [0.05, 0.1) is 4.92 Å². The number of pyridine rings is 1. The Morgan fingerprint density at radius 3 is 2.64 bits per heavy atom. The van der Waals surface area contributed by atoms with Crippen LogP contribution in [0.5, 0.6) is 0 Å². The van der Waals surface area contributed by atoms with Crippen molar-refractivity contribution >= 4 is 32.3 Å². The third-order valence-corrected chi connectivity index (χ3v) is 5.51. The van der Waals surface area contributed by atoms with E-state index in [0.717, 1.165) is 6.07 Å². The van der Waals surface area contributed by atoms with Gasteiger partial charge in [0.25, 0.3) is 5.69 Å². The highest BCUT2D eigenvalue weighted by molar-refractivity contribution is 7.89. The van der Waals surface area contributed by atoms with E-state index in [-0.39, 0.29) is 18.6 Å². The van der Waals surface area contributed by atoms with Gasteiger partial charge in [-0.15, -0.1) is 0 Å². The Labute approximate surface area is 160 Å². The second-order valence-electron chi connectivity index (χ2n) is 6.00. The van der Waals surface area contributed by atoms with Crippen LogP contribution < -0.4 is 10.0 Å². The fourth-order valence-electron chi connectivity index (χ4n) is 2.78. The molecule has 0 aliphatic carbocycles. The van der Waals surface area contributed by atoms with Gasteiger partial charge in [-0.1, -0.05) is 24.3 Å². The Bertz CT molecular complexity index is 1150. The lowest BCUT2D eigenvalue weighted by Gasteiger charge is -2.12. The van der Waals surface area contributed by atoms with E-state index in [4.69, 9.17) is 0 Å². The second kappa shape index (κ2) is 7.87. The van der Waals surface area contributed by atoms with E-state index in [0.29, 0.717) is 16.8 Å². The van der Waals surface area contributed by atoms with Gasteiger partial charge in [-0.3, -0.25) is 10.1 Å². The zero-order valence-corrected chi connectivity index (χ0v) is 15.7. The molecule has 0 atom stereocenters. The van der Waals surface area contributed by atoms with Gasteiger partial charge in [-0.2, -0.15) is 0 Å². The average molecular weight is 404 g/mol. The number of aryl methyl sites for hydroxylation is 1. The number of fused-ring (bicyclic) bond motifs is 1. The molecule has 0 amide bonds. The van der Waals surface area contributed by atoms with Crippen LogP contribution in [-0.4, -0.2) is 31.4 Å². The molecule has 0 saturated heterocycles. The highest BCUT2D eigenvalue weighted by Gasteiger charge is 2.24. The van der Waals surface area contributed by atoms with Crippen molar-refractivity contribution in [3.63, 3.8) is 0 Å². The molecule has 0 bridgehead atoms.